The third-order valence-corrected chi connectivity index (χ3v) is 8.74. The lowest BCUT2D eigenvalue weighted by Crippen LogP contribution is -2.67. The van der Waals surface area contributed by atoms with Gasteiger partial charge in [0.15, 0.2) is 4.87 Å². The number of sulfonamides is 1. The van der Waals surface area contributed by atoms with Gasteiger partial charge in [-0.15, -0.1) is 0 Å². The van der Waals surface area contributed by atoms with Crippen molar-refractivity contribution >= 4 is 15.9 Å². The molecule has 2 aliphatic rings. The van der Waals surface area contributed by atoms with Gasteiger partial charge in [-0.1, -0.05) is 24.3 Å². The summed E-state index contributed by atoms with van der Waals surface area (Å²) in [5.74, 6) is -1.88. The van der Waals surface area contributed by atoms with E-state index in [0.29, 0.717) is 38.8 Å². The zero-order chi connectivity index (χ0) is 21.1. The molecule has 1 aromatic rings. The molecule has 1 amide bonds. The Hall–Kier alpha value is -1.77. The molecule has 0 radical (unpaired) electrons. The lowest BCUT2D eigenvalue weighted by molar-refractivity contribution is 0.0819. The van der Waals surface area contributed by atoms with Crippen LogP contribution in [0.2, 0.25) is 0 Å². The minimum Gasteiger partial charge on any atom is -0.331 e. The Balaban J connectivity index is 2.13. The topological polar surface area (TPSA) is 78.5 Å². The summed E-state index contributed by atoms with van der Waals surface area (Å²) in [6.45, 7) is 1.38. The number of hydrogen-bond donors (Lipinski definition) is 2. The summed E-state index contributed by atoms with van der Waals surface area (Å²) >= 11 is 0. The number of allylic oxidation sites excluding steroid dienone is 2. The third kappa shape index (κ3) is 4.11. The van der Waals surface area contributed by atoms with Gasteiger partial charge in [-0.3, -0.25) is 4.79 Å². The summed E-state index contributed by atoms with van der Waals surface area (Å²) in [5.41, 5.74) is -0.133. The lowest BCUT2D eigenvalue weighted by atomic mass is 9.76. The number of amides is 1. The molecule has 1 heterocycles. The Bertz CT molecular complexity index is 866. The monoisotopic (exact) mass is 423 g/mol. The minimum atomic E-state index is -3.90. The van der Waals surface area contributed by atoms with Gasteiger partial charge in [0, 0.05) is 25.9 Å². The van der Waals surface area contributed by atoms with Gasteiger partial charge in [0.2, 0.25) is 10.0 Å². The van der Waals surface area contributed by atoms with Crippen molar-refractivity contribution in [3.63, 3.8) is 0 Å². The van der Waals surface area contributed by atoms with Crippen LogP contribution in [-0.2, 0) is 10.0 Å². The molecule has 2 N–H and O–H groups in total. The molecule has 1 aliphatic carbocycles. The molecule has 8 heteroatoms. The summed E-state index contributed by atoms with van der Waals surface area (Å²) in [6, 6.07) is 5.69. The average Bonchev–Trinajstić information content (AvgIpc) is 2.73. The Morgan fingerprint density at radius 3 is 2.41 bits per heavy atom. The van der Waals surface area contributed by atoms with E-state index in [9.17, 15) is 17.6 Å². The van der Waals surface area contributed by atoms with Gasteiger partial charge in [0.05, 0.1) is 5.56 Å². The standard InChI is InChI=1S/C21H30FN3O3S/c1-25(2)29(27,28)21(16-8-4-3-5-9-16,17-12-14-23-15-13-17)24-20(26)18-10-6-7-11-19(18)22/h3-4,6-7,10-11,16-17,23H,5,8-9,12-15H2,1-2H3,(H,24,26). The largest absolute Gasteiger partial charge is 0.331 e. The first-order chi connectivity index (χ1) is 13.8. The van der Waals surface area contributed by atoms with Crippen LogP contribution < -0.4 is 10.6 Å². The zero-order valence-electron chi connectivity index (χ0n) is 17.0. The quantitative estimate of drug-likeness (QED) is 0.689. The van der Waals surface area contributed by atoms with Crippen LogP contribution in [0.5, 0.6) is 0 Å². The van der Waals surface area contributed by atoms with E-state index in [1.165, 1.54) is 36.6 Å². The van der Waals surface area contributed by atoms with E-state index in [0.717, 1.165) is 6.42 Å². The molecule has 0 saturated carbocycles. The highest BCUT2D eigenvalue weighted by atomic mass is 32.2. The second-order valence-electron chi connectivity index (χ2n) is 8.02. The normalized spacial score (nSPS) is 23.0. The average molecular weight is 424 g/mol. The fraction of sp³-hybridized carbons (Fsp3) is 0.571. The molecule has 1 saturated heterocycles. The molecule has 3 rings (SSSR count). The van der Waals surface area contributed by atoms with E-state index in [2.05, 4.69) is 10.6 Å². The number of hydrogen-bond acceptors (Lipinski definition) is 4. The molecule has 0 aromatic heterocycles. The highest BCUT2D eigenvalue weighted by molar-refractivity contribution is 7.90. The summed E-state index contributed by atoms with van der Waals surface area (Å²) in [4.78, 5) is 11.7. The molecule has 6 nitrogen and oxygen atoms in total. The maximum atomic E-state index is 14.3. The first kappa shape index (κ1) is 21.9. The van der Waals surface area contributed by atoms with Crippen molar-refractivity contribution in [2.45, 2.75) is 37.0 Å². The maximum Gasteiger partial charge on any atom is 0.255 e. The highest BCUT2D eigenvalue weighted by Crippen LogP contribution is 2.43. The molecular weight excluding hydrogens is 393 g/mol. The van der Waals surface area contributed by atoms with Crippen LogP contribution >= 0.6 is 0 Å². The Kier molecular flexibility index (Phi) is 6.76. The number of benzene rings is 1. The summed E-state index contributed by atoms with van der Waals surface area (Å²) in [6.07, 6.45) is 7.28. The number of piperidine rings is 1. The molecule has 29 heavy (non-hydrogen) atoms. The van der Waals surface area contributed by atoms with Gasteiger partial charge >= 0.3 is 0 Å². The van der Waals surface area contributed by atoms with Crippen LogP contribution in [-0.4, -0.2) is 50.7 Å². The van der Waals surface area contributed by atoms with Gasteiger partial charge in [-0.2, -0.15) is 0 Å². The zero-order valence-corrected chi connectivity index (χ0v) is 17.8. The molecule has 1 aromatic carbocycles. The summed E-state index contributed by atoms with van der Waals surface area (Å²) in [5, 5.41) is 6.15. The highest BCUT2D eigenvalue weighted by Gasteiger charge is 2.57. The van der Waals surface area contributed by atoms with Gasteiger partial charge in [0.1, 0.15) is 5.82 Å². The van der Waals surface area contributed by atoms with E-state index < -0.39 is 26.6 Å². The number of rotatable bonds is 6. The molecule has 160 valence electrons. The van der Waals surface area contributed by atoms with Crippen molar-refractivity contribution in [2.75, 3.05) is 27.2 Å². The first-order valence-corrected chi connectivity index (χ1v) is 11.6. The second kappa shape index (κ2) is 8.93. The molecular formula is C21H30FN3O3S. The van der Waals surface area contributed by atoms with E-state index in [-0.39, 0.29) is 17.4 Å². The van der Waals surface area contributed by atoms with E-state index >= 15 is 0 Å². The van der Waals surface area contributed by atoms with Crippen molar-refractivity contribution in [1.82, 2.24) is 14.9 Å². The Morgan fingerprint density at radius 2 is 1.83 bits per heavy atom. The Morgan fingerprint density at radius 1 is 1.14 bits per heavy atom. The first-order valence-electron chi connectivity index (χ1n) is 10.2. The third-order valence-electron chi connectivity index (χ3n) is 6.16. The molecule has 1 aliphatic heterocycles. The SMILES string of the molecule is CN(C)S(=O)(=O)C(NC(=O)c1ccccc1F)(C1CC=CCC1)C1CCNCC1. The molecule has 2 unspecified atom stereocenters. The smallest absolute Gasteiger partial charge is 0.255 e. The maximum absolute atomic E-state index is 14.3. The van der Waals surface area contributed by atoms with Crippen LogP contribution in [0, 0.1) is 17.7 Å². The van der Waals surface area contributed by atoms with Crippen molar-refractivity contribution in [2.24, 2.45) is 11.8 Å². The second-order valence-corrected chi connectivity index (χ2v) is 10.4. The van der Waals surface area contributed by atoms with Crippen LogP contribution in [0.25, 0.3) is 0 Å². The summed E-state index contributed by atoms with van der Waals surface area (Å²) < 4.78 is 43.1. The van der Waals surface area contributed by atoms with Crippen LogP contribution in [0.15, 0.2) is 36.4 Å². The fourth-order valence-electron chi connectivity index (χ4n) is 4.65. The van der Waals surface area contributed by atoms with Crippen LogP contribution in [0.4, 0.5) is 4.39 Å². The van der Waals surface area contributed by atoms with E-state index in [4.69, 9.17) is 0 Å². The molecule has 1 fully saturated rings. The number of nitrogens with zero attached hydrogens (tertiary/aromatic N) is 1. The predicted molar refractivity (Wildman–Crippen MR) is 111 cm³/mol. The minimum absolute atomic E-state index is 0.133. The van der Waals surface area contributed by atoms with Gasteiger partial charge in [0.25, 0.3) is 5.91 Å². The van der Waals surface area contributed by atoms with Crippen molar-refractivity contribution in [1.29, 1.82) is 0 Å². The number of carbonyl (C=O) groups is 1. The van der Waals surface area contributed by atoms with Crippen LogP contribution in [0.3, 0.4) is 0 Å². The summed E-state index contributed by atoms with van der Waals surface area (Å²) in [7, 11) is -0.900. The van der Waals surface area contributed by atoms with Crippen LogP contribution in [0.1, 0.15) is 42.5 Å². The van der Waals surface area contributed by atoms with E-state index in [1.54, 1.807) is 6.07 Å². The Labute approximate surface area is 172 Å². The van der Waals surface area contributed by atoms with Crippen molar-refractivity contribution < 1.29 is 17.6 Å². The molecule has 0 spiro atoms. The predicted octanol–water partition coefficient (Wildman–Crippen LogP) is 2.50. The number of halogens is 1. The fourth-order valence-corrected chi connectivity index (χ4v) is 6.77. The van der Waals surface area contributed by atoms with Gasteiger partial charge < -0.3 is 10.6 Å². The van der Waals surface area contributed by atoms with Crippen molar-refractivity contribution in [3.8, 4) is 0 Å². The lowest BCUT2D eigenvalue weighted by Gasteiger charge is -2.48. The number of carbonyl (C=O) groups excluding carboxylic acids is 1. The van der Waals surface area contributed by atoms with E-state index in [1.807, 2.05) is 12.2 Å². The number of nitrogens with one attached hydrogen (secondary N) is 2. The molecule has 2 atom stereocenters. The molecule has 0 bridgehead atoms. The van der Waals surface area contributed by atoms with Crippen molar-refractivity contribution in [3.05, 3.63) is 47.8 Å². The van der Waals surface area contributed by atoms with Gasteiger partial charge in [-0.25, -0.2) is 17.1 Å². The van der Waals surface area contributed by atoms with Gasteiger partial charge in [-0.05, 0) is 57.3 Å².